The predicted octanol–water partition coefficient (Wildman–Crippen LogP) is 0.976. The fraction of sp³-hybridized carbons (Fsp3) is 0.500. The van der Waals surface area contributed by atoms with Crippen LogP contribution < -0.4 is 5.56 Å². The van der Waals surface area contributed by atoms with Crippen molar-refractivity contribution in [3.63, 3.8) is 0 Å². The summed E-state index contributed by atoms with van der Waals surface area (Å²) in [6, 6.07) is 3.34. The van der Waals surface area contributed by atoms with E-state index in [4.69, 9.17) is 0 Å². The molecule has 3 rings (SSSR count). The van der Waals surface area contributed by atoms with Crippen LogP contribution in [0.2, 0.25) is 0 Å². The highest BCUT2D eigenvalue weighted by Crippen LogP contribution is 2.20. The predicted molar refractivity (Wildman–Crippen MR) is 106 cm³/mol. The third kappa shape index (κ3) is 4.61. The summed E-state index contributed by atoms with van der Waals surface area (Å²) in [5, 5.41) is 11.0. The second-order valence-electron chi connectivity index (χ2n) is 7.63. The Bertz CT molecular complexity index is 1120. The number of sulfone groups is 1. The molecule has 156 valence electrons. The smallest absolute Gasteiger partial charge is 0.271 e. The van der Waals surface area contributed by atoms with Crippen LogP contribution in [-0.4, -0.2) is 57.8 Å². The van der Waals surface area contributed by atoms with Gasteiger partial charge in [-0.3, -0.25) is 24.3 Å². The van der Waals surface area contributed by atoms with Gasteiger partial charge in [-0.05, 0) is 18.4 Å². The molecule has 2 heterocycles. The molecule has 29 heavy (non-hydrogen) atoms. The quantitative estimate of drug-likeness (QED) is 0.500. The molecule has 10 nitrogen and oxygen atoms in total. The standard InChI is InChI=1S/C18H22N4O6S/c1-12(2)8-21(14-5-6-29(27,28)10-14)17(23)9-20-11-19-16-7-13(22(25)26)3-4-15(16)18(20)24/h3-4,7,11-12,14H,5-6,8-10H2,1-2H3. The van der Waals surface area contributed by atoms with Crippen LogP contribution in [0.5, 0.6) is 0 Å². The summed E-state index contributed by atoms with van der Waals surface area (Å²) >= 11 is 0. The monoisotopic (exact) mass is 422 g/mol. The molecule has 0 aliphatic carbocycles. The number of amides is 1. The number of rotatable bonds is 6. The lowest BCUT2D eigenvalue weighted by molar-refractivity contribution is -0.384. The van der Waals surface area contributed by atoms with Gasteiger partial charge in [-0.2, -0.15) is 0 Å². The summed E-state index contributed by atoms with van der Waals surface area (Å²) in [6.45, 7) is 3.98. The van der Waals surface area contributed by atoms with Crippen molar-refractivity contribution in [3.8, 4) is 0 Å². The van der Waals surface area contributed by atoms with Gasteiger partial charge in [0.2, 0.25) is 5.91 Å². The Morgan fingerprint density at radius 3 is 2.72 bits per heavy atom. The van der Waals surface area contributed by atoms with Gasteiger partial charge in [-0.1, -0.05) is 13.8 Å². The van der Waals surface area contributed by atoms with E-state index in [0.29, 0.717) is 13.0 Å². The van der Waals surface area contributed by atoms with Crippen LogP contribution in [0.25, 0.3) is 10.9 Å². The van der Waals surface area contributed by atoms with Crippen molar-refractivity contribution in [2.45, 2.75) is 32.9 Å². The second kappa shape index (κ2) is 7.90. The van der Waals surface area contributed by atoms with Gasteiger partial charge in [0, 0.05) is 24.7 Å². The molecule has 1 aromatic heterocycles. The largest absolute Gasteiger partial charge is 0.337 e. The number of non-ortho nitro benzene ring substituents is 1. The summed E-state index contributed by atoms with van der Waals surface area (Å²) in [7, 11) is -3.16. The average molecular weight is 422 g/mol. The number of hydrogen-bond donors (Lipinski definition) is 0. The van der Waals surface area contributed by atoms with Crippen molar-refractivity contribution in [2.24, 2.45) is 5.92 Å². The van der Waals surface area contributed by atoms with E-state index in [2.05, 4.69) is 4.98 Å². The lowest BCUT2D eigenvalue weighted by Crippen LogP contribution is -2.45. The molecule has 2 aromatic rings. The molecule has 11 heteroatoms. The van der Waals surface area contributed by atoms with E-state index in [-0.39, 0.29) is 46.5 Å². The summed E-state index contributed by atoms with van der Waals surface area (Å²) < 4.78 is 24.8. The summed E-state index contributed by atoms with van der Waals surface area (Å²) in [4.78, 5) is 41.6. The molecule has 1 unspecified atom stereocenters. The van der Waals surface area contributed by atoms with E-state index in [9.17, 15) is 28.1 Å². The lowest BCUT2D eigenvalue weighted by atomic mass is 10.1. The zero-order valence-electron chi connectivity index (χ0n) is 16.1. The number of fused-ring (bicyclic) bond motifs is 1. The van der Waals surface area contributed by atoms with Gasteiger partial charge in [0.05, 0.1) is 33.7 Å². The van der Waals surface area contributed by atoms with E-state index in [1.54, 1.807) is 4.90 Å². The van der Waals surface area contributed by atoms with E-state index < -0.39 is 26.4 Å². The molecule has 0 N–H and O–H groups in total. The molecule has 0 saturated carbocycles. The van der Waals surface area contributed by atoms with Gasteiger partial charge in [0.25, 0.3) is 11.2 Å². The van der Waals surface area contributed by atoms with Crippen LogP contribution in [-0.2, 0) is 21.2 Å². The third-order valence-electron chi connectivity index (χ3n) is 4.86. The Morgan fingerprint density at radius 1 is 1.41 bits per heavy atom. The number of nitrogens with zero attached hydrogens (tertiary/aromatic N) is 4. The SMILES string of the molecule is CC(C)CN(C(=O)Cn1cnc2cc([N+](=O)[O-])ccc2c1=O)C1CCS(=O)(=O)C1. The van der Waals surface area contributed by atoms with Crippen molar-refractivity contribution in [1.29, 1.82) is 0 Å². The molecule has 1 fully saturated rings. The topological polar surface area (TPSA) is 132 Å². The Hall–Kier alpha value is -2.82. The molecule has 1 saturated heterocycles. The van der Waals surface area contributed by atoms with Crippen molar-refractivity contribution in [2.75, 3.05) is 18.1 Å². The maximum atomic E-state index is 12.9. The first kappa shape index (κ1) is 20.9. The number of aromatic nitrogens is 2. The maximum absolute atomic E-state index is 12.9. The Kier molecular flexibility index (Phi) is 5.69. The summed E-state index contributed by atoms with van der Waals surface area (Å²) in [5.74, 6) is -0.240. The van der Waals surface area contributed by atoms with Gasteiger partial charge in [-0.15, -0.1) is 0 Å². The third-order valence-corrected chi connectivity index (χ3v) is 6.61. The minimum atomic E-state index is -3.16. The number of carbonyl (C=O) groups is 1. The van der Waals surface area contributed by atoms with E-state index in [0.717, 1.165) is 4.57 Å². The maximum Gasteiger partial charge on any atom is 0.271 e. The minimum absolute atomic E-state index is 0.0514. The highest BCUT2D eigenvalue weighted by molar-refractivity contribution is 7.91. The molecule has 1 aliphatic rings. The second-order valence-corrected chi connectivity index (χ2v) is 9.86. The zero-order chi connectivity index (χ0) is 21.3. The van der Waals surface area contributed by atoms with Crippen LogP contribution in [0.1, 0.15) is 20.3 Å². The van der Waals surface area contributed by atoms with Gasteiger partial charge in [0.15, 0.2) is 9.84 Å². The molecule has 1 aromatic carbocycles. The number of carbonyl (C=O) groups excluding carboxylic acids is 1. The molecular weight excluding hydrogens is 400 g/mol. The van der Waals surface area contributed by atoms with Gasteiger partial charge >= 0.3 is 0 Å². The molecule has 0 spiro atoms. The van der Waals surface area contributed by atoms with Gasteiger partial charge < -0.3 is 4.90 Å². The van der Waals surface area contributed by atoms with E-state index in [1.807, 2.05) is 13.8 Å². The van der Waals surface area contributed by atoms with Crippen molar-refractivity contribution >= 4 is 32.3 Å². The van der Waals surface area contributed by atoms with E-state index >= 15 is 0 Å². The van der Waals surface area contributed by atoms with Crippen molar-refractivity contribution < 1.29 is 18.1 Å². The average Bonchev–Trinajstić information content (AvgIpc) is 3.01. The number of nitro benzene ring substituents is 1. The summed E-state index contributed by atoms with van der Waals surface area (Å²) in [5.41, 5.74) is -0.487. The highest BCUT2D eigenvalue weighted by atomic mass is 32.2. The molecule has 1 amide bonds. The Labute approximate surface area is 167 Å². The van der Waals surface area contributed by atoms with Crippen molar-refractivity contribution in [3.05, 3.63) is 45.0 Å². The van der Waals surface area contributed by atoms with Gasteiger partial charge in [-0.25, -0.2) is 13.4 Å². The Balaban J connectivity index is 1.88. The molecular formula is C18H22N4O6S. The molecule has 1 atom stereocenters. The molecule has 0 radical (unpaired) electrons. The van der Waals surface area contributed by atoms with E-state index in [1.165, 1.54) is 24.5 Å². The first-order chi connectivity index (χ1) is 13.6. The van der Waals surface area contributed by atoms with Crippen LogP contribution in [0.15, 0.2) is 29.3 Å². The highest BCUT2D eigenvalue weighted by Gasteiger charge is 2.35. The number of nitro groups is 1. The van der Waals surface area contributed by atoms with Crippen LogP contribution >= 0.6 is 0 Å². The van der Waals surface area contributed by atoms with Crippen LogP contribution in [0.3, 0.4) is 0 Å². The number of benzene rings is 1. The Morgan fingerprint density at radius 2 is 2.14 bits per heavy atom. The fourth-order valence-corrected chi connectivity index (χ4v) is 5.21. The van der Waals surface area contributed by atoms with Crippen molar-refractivity contribution in [1.82, 2.24) is 14.5 Å². The lowest BCUT2D eigenvalue weighted by Gasteiger charge is -2.30. The summed E-state index contributed by atoms with van der Waals surface area (Å²) in [6.07, 6.45) is 1.57. The van der Waals surface area contributed by atoms with Crippen LogP contribution in [0, 0.1) is 16.0 Å². The fourth-order valence-electron chi connectivity index (χ4n) is 3.48. The van der Waals surface area contributed by atoms with Gasteiger partial charge in [0.1, 0.15) is 6.54 Å². The normalized spacial score (nSPS) is 18.2. The first-order valence-electron chi connectivity index (χ1n) is 9.21. The molecule has 1 aliphatic heterocycles. The minimum Gasteiger partial charge on any atom is -0.337 e. The number of hydrogen-bond acceptors (Lipinski definition) is 7. The van der Waals surface area contributed by atoms with Crippen LogP contribution in [0.4, 0.5) is 5.69 Å². The zero-order valence-corrected chi connectivity index (χ0v) is 17.0. The first-order valence-corrected chi connectivity index (χ1v) is 11.0. The molecule has 0 bridgehead atoms.